The molecule has 118 valence electrons. The standard InChI is InChI=1S/C20H33N/c1-5-6-7-17-8-10-18(11-9-17)20(21)19-15(3)12-14(2)13-16(19)4/h12-13,17-18,20H,5-11,21H2,1-4H3. The second kappa shape index (κ2) is 7.45. The molecule has 1 aromatic carbocycles. The number of benzene rings is 1. The minimum absolute atomic E-state index is 0.234. The Labute approximate surface area is 131 Å². The van der Waals surface area contributed by atoms with Gasteiger partial charge in [-0.2, -0.15) is 0 Å². The van der Waals surface area contributed by atoms with Crippen molar-refractivity contribution in [3.63, 3.8) is 0 Å². The summed E-state index contributed by atoms with van der Waals surface area (Å²) in [5.74, 6) is 1.65. The van der Waals surface area contributed by atoms with Gasteiger partial charge in [0.15, 0.2) is 0 Å². The van der Waals surface area contributed by atoms with Crippen LogP contribution in [0.4, 0.5) is 0 Å². The van der Waals surface area contributed by atoms with Crippen LogP contribution >= 0.6 is 0 Å². The Morgan fingerprint density at radius 1 is 1.05 bits per heavy atom. The highest BCUT2D eigenvalue weighted by Crippen LogP contribution is 2.39. The fourth-order valence-corrected chi connectivity index (χ4v) is 4.28. The first kappa shape index (κ1) is 16.5. The SMILES string of the molecule is CCCCC1CCC(C(N)c2c(C)cc(C)cc2C)CC1. The maximum Gasteiger partial charge on any atom is 0.0328 e. The van der Waals surface area contributed by atoms with Crippen molar-refractivity contribution in [2.75, 3.05) is 0 Å². The van der Waals surface area contributed by atoms with Crippen molar-refractivity contribution in [3.8, 4) is 0 Å². The van der Waals surface area contributed by atoms with Crippen molar-refractivity contribution in [3.05, 3.63) is 34.4 Å². The van der Waals surface area contributed by atoms with E-state index in [1.165, 1.54) is 67.2 Å². The van der Waals surface area contributed by atoms with Gasteiger partial charge >= 0.3 is 0 Å². The van der Waals surface area contributed by atoms with E-state index in [0.29, 0.717) is 5.92 Å². The lowest BCUT2D eigenvalue weighted by Crippen LogP contribution is -2.27. The molecule has 21 heavy (non-hydrogen) atoms. The van der Waals surface area contributed by atoms with Crippen LogP contribution in [0.3, 0.4) is 0 Å². The van der Waals surface area contributed by atoms with E-state index in [4.69, 9.17) is 5.73 Å². The maximum atomic E-state index is 6.67. The van der Waals surface area contributed by atoms with Crippen LogP contribution in [0.1, 0.15) is 80.2 Å². The zero-order valence-corrected chi connectivity index (χ0v) is 14.4. The fourth-order valence-electron chi connectivity index (χ4n) is 4.28. The van der Waals surface area contributed by atoms with Crippen LogP contribution < -0.4 is 5.73 Å². The molecule has 0 radical (unpaired) electrons. The van der Waals surface area contributed by atoms with Crippen molar-refractivity contribution in [1.29, 1.82) is 0 Å². The third kappa shape index (κ3) is 4.10. The summed E-state index contributed by atoms with van der Waals surface area (Å²) in [6.45, 7) is 8.92. The molecule has 0 aliphatic heterocycles. The number of hydrogen-bond acceptors (Lipinski definition) is 1. The Hall–Kier alpha value is -0.820. The molecule has 1 aliphatic rings. The summed E-state index contributed by atoms with van der Waals surface area (Å²) in [4.78, 5) is 0. The number of hydrogen-bond donors (Lipinski definition) is 1. The van der Waals surface area contributed by atoms with E-state index in [2.05, 4.69) is 39.8 Å². The van der Waals surface area contributed by atoms with Gasteiger partial charge in [0.05, 0.1) is 0 Å². The van der Waals surface area contributed by atoms with Crippen LogP contribution in [0, 0.1) is 32.6 Å². The van der Waals surface area contributed by atoms with Crippen LogP contribution in [0.2, 0.25) is 0 Å². The zero-order chi connectivity index (χ0) is 15.4. The summed E-state index contributed by atoms with van der Waals surface area (Å²) >= 11 is 0. The van der Waals surface area contributed by atoms with E-state index < -0.39 is 0 Å². The molecule has 1 aliphatic carbocycles. The van der Waals surface area contributed by atoms with Crippen molar-refractivity contribution in [1.82, 2.24) is 0 Å². The Morgan fingerprint density at radius 3 is 2.14 bits per heavy atom. The Bertz CT molecular complexity index is 432. The second-order valence-electron chi connectivity index (χ2n) is 7.26. The molecular weight excluding hydrogens is 254 g/mol. The van der Waals surface area contributed by atoms with Crippen molar-refractivity contribution in [2.45, 2.75) is 78.7 Å². The molecule has 2 rings (SSSR count). The molecule has 0 bridgehead atoms. The summed E-state index contributed by atoms with van der Waals surface area (Å²) < 4.78 is 0. The average Bonchev–Trinajstić information content (AvgIpc) is 2.44. The largest absolute Gasteiger partial charge is 0.324 e. The molecule has 0 saturated heterocycles. The summed E-state index contributed by atoms with van der Waals surface area (Å²) in [6, 6.07) is 4.81. The average molecular weight is 287 g/mol. The second-order valence-corrected chi connectivity index (χ2v) is 7.26. The van der Waals surface area contributed by atoms with Crippen LogP contribution in [0.5, 0.6) is 0 Å². The molecule has 0 aromatic heterocycles. The Balaban J connectivity index is 2.00. The molecule has 2 N–H and O–H groups in total. The lowest BCUT2D eigenvalue weighted by atomic mass is 9.74. The van der Waals surface area contributed by atoms with Crippen LogP contribution in [-0.2, 0) is 0 Å². The fraction of sp³-hybridized carbons (Fsp3) is 0.700. The molecular formula is C20H33N. The van der Waals surface area contributed by atoms with Gasteiger partial charge in [-0.15, -0.1) is 0 Å². The van der Waals surface area contributed by atoms with Gasteiger partial charge in [0.25, 0.3) is 0 Å². The van der Waals surface area contributed by atoms with Crippen molar-refractivity contribution >= 4 is 0 Å². The summed E-state index contributed by atoms with van der Waals surface area (Å²) in [6.07, 6.45) is 9.59. The molecule has 0 spiro atoms. The molecule has 1 fully saturated rings. The third-order valence-electron chi connectivity index (χ3n) is 5.44. The summed E-state index contributed by atoms with van der Waals surface area (Å²) in [5.41, 5.74) is 12.2. The van der Waals surface area contributed by atoms with Crippen LogP contribution in [-0.4, -0.2) is 0 Å². The van der Waals surface area contributed by atoms with Gasteiger partial charge in [0.1, 0.15) is 0 Å². The predicted molar refractivity (Wildman–Crippen MR) is 92.6 cm³/mol. The number of aryl methyl sites for hydroxylation is 3. The first-order valence-corrected chi connectivity index (χ1v) is 8.86. The van der Waals surface area contributed by atoms with E-state index >= 15 is 0 Å². The predicted octanol–water partition coefficient (Wildman–Crippen LogP) is 5.61. The first-order chi connectivity index (χ1) is 10.0. The Morgan fingerprint density at radius 2 is 1.62 bits per heavy atom. The number of rotatable bonds is 5. The molecule has 1 atom stereocenters. The molecule has 0 amide bonds. The van der Waals surface area contributed by atoms with E-state index in [-0.39, 0.29) is 6.04 Å². The Kier molecular flexibility index (Phi) is 5.87. The highest BCUT2D eigenvalue weighted by molar-refractivity contribution is 5.39. The van der Waals surface area contributed by atoms with Crippen LogP contribution in [0.25, 0.3) is 0 Å². The van der Waals surface area contributed by atoms with Crippen molar-refractivity contribution < 1.29 is 0 Å². The van der Waals surface area contributed by atoms with Crippen LogP contribution in [0.15, 0.2) is 12.1 Å². The highest BCUT2D eigenvalue weighted by Gasteiger charge is 2.27. The quantitative estimate of drug-likeness (QED) is 0.748. The lowest BCUT2D eigenvalue weighted by Gasteiger charge is -2.33. The first-order valence-electron chi connectivity index (χ1n) is 8.86. The van der Waals surface area contributed by atoms with Gasteiger partial charge in [-0.05, 0) is 62.1 Å². The topological polar surface area (TPSA) is 26.0 Å². The minimum atomic E-state index is 0.234. The van der Waals surface area contributed by atoms with E-state index in [9.17, 15) is 0 Å². The molecule has 1 unspecified atom stereocenters. The van der Waals surface area contributed by atoms with Gasteiger partial charge in [0, 0.05) is 6.04 Å². The van der Waals surface area contributed by atoms with Gasteiger partial charge in [-0.25, -0.2) is 0 Å². The summed E-state index contributed by atoms with van der Waals surface area (Å²) in [7, 11) is 0. The number of nitrogens with two attached hydrogens (primary N) is 1. The number of unbranched alkanes of at least 4 members (excludes halogenated alkanes) is 1. The highest BCUT2D eigenvalue weighted by atomic mass is 14.7. The van der Waals surface area contributed by atoms with E-state index in [0.717, 1.165) is 5.92 Å². The van der Waals surface area contributed by atoms with Gasteiger partial charge in [-0.3, -0.25) is 0 Å². The summed E-state index contributed by atoms with van der Waals surface area (Å²) in [5, 5.41) is 0. The zero-order valence-electron chi connectivity index (χ0n) is 14.4. The van der Waals surface area contributed by atoms with Crippen molar-refractivity contribution in [2.24, 2.45) is 17.6 Å². The van der Waals surface area contributed by atoms with E-state index in [1.54, 1.807) is 0 Å². The minimum Gasteiger partial charge on any atom is -0.324 e. The van der Waals surface area contributed by atoms with Gasteiger partial charge in [0.2, 0.25) is 0 Å². The molecule has 1 saturated carbocycles. The molecule has 1 nitrogen and oxygen atoms in total. The third-order valence-corrected chi connectivity index (χ3v) is 5.44. The van der Waals surface area contributed by atoms with Gasteiger partial charge in [-0.1, -0.05) is 56.7 Å². The molecule has 1 aromatic rings. The molecule has 1 heteroatoms. The van der Waals surface area contributed by atoms with Gasteiger partial charge < -0.3 is 5.73 Å². The van der Waals surface area contributed by atoms with E-state index in [1.807, 2.05) is 0 Å². The normalized spacial score (nSPS) is 24.0. The maximum absolute atomic E-state index is 6.67. The lowest BCUT2D eigenvalue weighted by molar-refractivity contribution is 0.232. The molecule has 0 heterocycles. The monoisotopic (exact) mass is 287 g/mol. The smallest absolute Gasteiger partial charge is 0.0328 e.